The van der Waals surface area contributed by atoms with E-state index in [0.717, 1.165) is 25.7 Å². The van der Waals surface area contributed by atoms with E-state index in [-0.39, 0.29) is 50.7 Å². The molecule has 1 unspecified atom stereocenters. The minimum absolute atomic E-state index is 0.0427. The summed E-state index contributed by atoms with van der Waals surface area (Å²) >= 11 is 19.0. The second kappa shape index (κ2) is 12.6. The van der Waals surface area contributed by atoms with Gasteiger partial charge in [-0.3, -0.25) is 4.79 Å². The normalized spacial score (nSPS) is 16.9. The number of ether oxygens (including phenoxy) is 1. The molecular formula is C25H29Cl3FNO4S. The Morgan fingerprint density at radius 2 is 1.77 bits per heavy atom. The van der Waals surface area contributed by atoms with Crippen molar-refractivity contribution >= 4 is 50.5 Å². The zero-order valence-corrected chi connectivity index (χ0v) is 22.6. The highest BCUT2D eigenvalue weighted by Crippen LogP contribution is 2.36. The van der Waals surface area contributed by atoms with Crippen LogP contribution in [0.4, 0.5) is 4.39 Å². The van der Waals surface area contributed by atoms with Crippen molar-refractivity contribution in [3.05, 3.63) is 62.3 Å². The number of carbonyl (C=O) groups is 1. The molecule has 0 spiro atoms. The first-order valence-electron chi connectivity index (χ1n) is 11.7. The molecule has 35 heavy (non-hydrogen) atoms. The summed E-state index contributed by atoms with van der Waals surface area (Å²) in [5.74, 6) is -1.03. The van der Waals surface area contributed by atoms with Crippen LogP contribution >= 0.6 is 34.8 Å². The fraction of sp³-hybridized carbons (Fsp3) is 0.480. The first kappa shape index (κ1) is 28.0. The third-order valence-electron chi connectivity index (χ3n) is 6.04. The van der Waals surface area contributed by atoms with E-state index in [1.165, 1.54) is 41.7 Å². The number of hydrogen-bond acceptors (Lipinski definition) is 4. The van der Waals surface area contributed by atoms with Crippen LogP contribution in [-0.2, 0) is 16.4 Å². The maximum Gasteiger partial charge on any atom is 0.254 e. The van der Waals surface area contributed by atoms with Gasteiger partial charge >= 0.3 is 0 Å². The van der Waals surface area contributed by atoms with Gasteiger partial charge in [0.1, 0.15) is 5.82 Å². The van der Waals surface area contributed by atoms with Crippen LogP contribution in [0.3, 0.4) is 0 Å². The van der Waals surface area contributed by atoms with Gasteiger partial charge in [0, 0.05) is 22.2 Å². The fourth-order valence-corrected chi connectivity index (χ4v) is 6.66. The summed E-state index contributed by atoms with van der Waals surface area (Å²) in [7, 11) is -3.30. The minimum Gasteiger partial charge on any atom is -0.490 e. The van der Waals surface area contributed by atoms with E-state index in [1.807, 2.05) is 0 Å². The summed E-state index contributed by atoms with van der Waals surface area (Å²) in [6, 6.07) is 6.51. The SMILES string of the molecule is CCCCCCCOc1c(Cl)cc(C(=O)N(Cc2c(F)cccc2Cl)C2CCS(=O)(=O)C2)cc1Cl. The molecule has 0 radical (unpaired) electrons. The molecule has 1 amide bonds. The van der Waals surface area contributed by atoms with Crippen LogP contribution in [0.1, 0.15) is 61.4 Å². The first-order valence-corrected chi connectivity index (χ1v) is 14.6. The highest BCUT2D eigenvalue weighted by molar-refractivity contribution is 7.91. The molecule has 1 aliphatic rings. The summed E-state index contributed by atoms with van der Waals surface area (Å²) < 4.78 is 44.5. The maximum atomic E-state index is 14.5. The Kier molecular flexibility index (Phi) is 10.1. The van der Waals surface area contributed by atoms with E-state index in [0.29, 0.717) is 12.4 Å². The highest BCUT2D eigenvalue weighted by atomic mass is 35.5. The van der Waals surface area contributed by atoms with Crippen molar-refractivity contribution in [2.24, 2.45) is 0 Å². The zero-order valence-electron chi connectivity index (χ0n) is 19.5. The Hall–Kier alpha value is -1.54. The zero-order chi connectivity index (χ0) is 25.6. The average molecular weight is 565 g/mol. The third kappa shape index (κ3) is 7.48. The van der Waals surface area contributed by atoms with Crippen molar-refractivity contribution in [3.63, 3.8) is 0 Å². The number of carbonyl (C=O) groups excluding carboxylic acids is 1. The number of amides is 1. The second-order valence-electron chi connectivity index (χ2n) is 8.72. The van der Waals surface area contributed by atoms with Gasteiger partial charge in [0.25, 0.3) is 5.91 Å². The molecule has 1 aliphatic heterocycles. The molecule has 10 heteroatoms. The Morgan fingerprint density at radius 3 is 2.37 bits per heavy atom. The van der Waals surface area contributed by atoms with Crippen molar-refractivity contribution < 1.29 is 22.3 Å². The molecule has 0 aliphatic carbocycles. The number of unbranched alkanes of at least 4 members (excludes halogenated alkanes) is 4. The van der Waals surface area contributed by atoms with Crippen molar-refractivity contribution in [3.8, 4) is 5.75 Å². The van der Waals surface area contributed by atoms with E-state index in [2.05, 4.69) is 6.92 Å². The van der Waals surface area contributed by atoms with Gasteiger partial charge in [-0.05, 0) is 37.1 Å². The van der Waals surface area contributed by atoms with E-state index in [1.54, 1.807) is 0 Å². The Labute approximate surface area is 221 Å². The smallest absolute Gasteiger partial charge is 0.254 e. The van der Waals surface area contributed by atoms with Crippen molar-refractivity contribution in [1.82, 2.24) is 4.90 Å². The summed E-state index contributed by atoms with van der Waals surface area (Å²) in [5.41, 5.74) is 0.277. The average Bonchev–Trinajstić information content (AvgIpc) is 3.16. The van der Waals surface area contributed by atoms with E-state index in [9.17, 15) is 17.6 Å². The van der Waals surface area contributed by atoms with E-state index >= 15 is 0 Å². The number of nitrogens with zero attached hydrogens (tertiary/aromatic N) is 1. The fourth-order valence-electron chi connectivity index (χ4n) is 4.11. The quantitative estimate of drug-likeness (QED) is 0.277. The van der Waals surface area contributed by atoms with Crippen molar-refractivity contribution in [2.45, 2.75) is 58.0 Å². The molecule has 0 N–H and O–H groups in total. The van der Waals surface area contributed by atoms with Crippen LogP contribution in [0.5, 0.6) is 5.75 Å². The second-order valence-corrected chi connectivity index (χ2v) is 12.2. The van der Waals surface area contributed by atoms with Gasteiger partial charge in [0.05, 0.1) is 34.7 Å². The minimum atomic E-state index is -3.30. The lowest BCUT2D eigenvalue weighted by Crippen LogP contribution is -2.41. The molecular weight excluding hydrogens is 536 g/mol. The molecule has 0 bridgehead atoms. The predicted octanol–water partition coefficient (Wildman–Crippen LogP) is 6.96. The first-order chi connectivity index (χ1) is 16.6. The van der Waals surface area contributed by atoms with Crippen LogP contribution in [-0.4, -0.2) is 43.4 Å². The molecule has 2 aromatic carbocycles. The van der Waals surface area contributed by atoms with Gasteiger partial charge in [0.15, 0.2) is 15.6 Å². The molecule has 1 heterocycles. The number of benzene rings is 2. The van der Waals surface area contributed by atoms with Gasteiger partial charge in [-0.15, -0.1) is 0 Å². The molecule has 1 fully saturated rings. The van der Waals surface area contributed by atoms with Crippen molar-refractivity contribution in [2.75, 3.05) is 18.1 Å². The van der Waals surface area contributed by atoms with Gasteiger partial charge < -0.3 is 9.64 Å². The van der Waals surface area contributed by atoms with Crippen LogP contribution in [0.25, 0.3) is 0 Å². The number of sulfone groups is 1. The Bertz CT molecular complexity index is 1120. The monoisotopic (exact) mass is 563 g/mol. The third-order valence-corrected chi connectivity index (χ3v) is 8.71. The molecule has 1 atom stereocenters. The van der Waals surface area contributed by atoms with Crippen LogP contribution in [0.2, 0.25) is 15.1 Å². The molecule has 0 saturated carbocycles. The predicted molar refractivity (Wildman–Crippen MR) is 139 cm³/mol. The lowest BCUT2D eigenvalue weighted by atomic mass is 10.1. The standard InChI is InChI=1S/C25H29Cl3FNO4S/c1-2-3-4-5-6-11-34-24-21(27)13-17(14-22(24)28)25(31)30(18-10-12-35(32,33)16-18)15-19-20(26)8-7-9-23(19)29/h7-9,13-14,18H,2-6,10-12,15-16H2,1H3. The largest absolute Gasteiger partial charge is 0.490 e. The molecule has 2 aromatic rings. The van der Waals surface area contributed by atoms with Gasteiger partial charge in [-0.25, -0.2) is 12.8 Å². The number of halogens is 4. The van der Waals surface area contributed by atoms with E-state index in [4.69, 9.17) is 39.5 Å². The van der Waals surface area contributed by atoms with Crippen molar-refractivity contribution in [1.29, 1.82) is 0 Å². The van der Waals surface area contributed by atoms with Crippen LogP contribution in [0, 0.1) is 5.82 Å². The molecule has 192 valence electrons. The highest BCUT2D eigenvalue weighted by Gasteiger charge is 2.36. The van der Waals surface area contributed by atoms with Gasteiger partial charge in [-0.2, -0.15) is 0 Å². The Balaban J connectivity index is 1.83. The molecule has 0 aromatic heterocycles. The lowest BCUT2D eigenvalue weighted by Gasteiger charge is -2.29. The molecule has 5 nitrogen and oxygen atoms in total. The van der Waals surface area contributed by atoms with Gasteiger partial charge in [-0.1, -0.05) is 73.5 Å². The van der Waals surface area contributed by atoms with Crippen LogP contribution < -0.4 is 4.74 Å². The Morgan fingerprint density at radius 1 is 1.09 bits per heavy atom. The summed E-state index contributed by atoms with van der Waals surface area (Å²) in [4.78, 5) is 14.9. The molecule has 3 rings (SSSR count). The summed E-state index contributed by atoms with van der Waals surface area (Å²) in [6.07, 6.45) is 5.61. The lowest BCUT2D eigenvalue weighted by molar-refractivity contribution is 0.0679. The topological polar surface area (TPSA) is 63.7 Å². The molecule has 1 saturated heterocycles. The number of rotatable bonds is 11. The summed E-state index contributed by atoms with van der Waals surface area (Å²) in [5, 5.41) is 0.511. The maximum absolute atomic E-state index is 14.5. The number of hydrogen-bond donors (Lipinski definition) is 0. The van der Waals surface area contributed by atoms with Gasteiger partial charge in [0.2, 0.25) is 0 Å². The summed E-state index contributed by atoms with van der Waals surface area (Å²) in [6.45, 7) is 2.42. The van der Waals surface area contributed by atoms with Crippen LogP contribution in [0.15, 0.2) is 30.3 Å². The van der Waals surface area contributed by atoms with E-state index < -0.39 is 27.6 Å².